The molecule has 1 unspecified atom stereocenters. The number of nitrogens with one attached hydrogen (secondary N) is 1. The minimum atomic E-state index is 0.176. The zero-order chi connectivity index (χ0) is 13.5. The second kappa shape index (κ2) is 7.63. The molecule has 0 aliphatic carbocycles. The molecule has 1 aromatic rings. The molecule has 2 rings (SSSR count). The van der Waals surface area contributed by atoms with Crippen LogP contribution in [0.4, 0.5) is 0 Å². The van der Waals surface area contributed by atoms with Crippen molar-refractivity contribution in [1.82, 2.24) is 10.2 Å². The summed E-state index contributed by atoms with van der Waals surface area (Å²) in [7, 11) is 2.19. The monoisotopic (exact) mass is 262 g/mol. The van der Waals surface area contributed by atoms with Gasteiger partial charge in [0.05, 0.1) is 6.61 Å². The van der Waals surface area contributed by atoms with Crippen LogP contribution in [0.5, 0.6) is 0 Å². The van der Waals surface area contributed by atoms with Gasteiger partial charge in [0, 0.05) is 12.6 Å². The van der Waals surface area contributed by atoms with Crippen molar-refractivity contribution in [3.8, 4) is 0 Å². The molecule has 2 atom stereocenters. The second-order valence-electron chi connectivity index (χ2n) is 5.75. The van der Waals surface area contributed by atoms with Crippen LogP contribution in [-0.4, -0.2) is 49.3 Å². The van der Waals surface area contributed by atoms with Crippen LogP contribution in [-0.2, 0) is 6.42 Å². The quantitative estimate of drug-likeness (QED) is 0.816. The van der Waals surface area contributed by atoms with Crippen LogP contribution >= 0.6 is 0 Å². The highest BCUT2D eigenvalue weighted by atomic mass is 16.3. The molecule has 106 valence electrons. The van der Waals surface area contributed by atoms with Gasteiger partial charge in [-0.1, -0.05) is 30.3 Å². The average Bonchev–Trinajstić information content (AvgIpc) is 2.44. The Balaban J connectivity index is 1.76. The number of benzene rings is 1. The number of aliphatic hydroxyl groups is 1. The number of piperidine rings is 1. The fourth-order valence-corrected chi connectivity index (χ4v) is 2.87. The molecule has 0 spiro atoms. The van der Waals surface area contributed by atoms with E-state index in [-0.39, 0.29) is 12.6 Å². The van der Waals surface area contributed by atoms with Crippen LogP contribution in [0.15, 0.2) is 30.3 Å². The standard InChI is InChI=1S/C16H26N2O/c1-18-9-5-8-15(12-18)11-17-16(13-19)10-14-6-3-2-4-7-14/h2-4,6-7,15-17,19H,5,8-13H2,1H3/t15?,16-/m1/s1. The van der Waals surface area contributed by atoms with Gasteiger partial charge in [0.1, 0.15) is 0 Å². The lowest BCUT2D eigenvalue weighted by molar-refractivity contribution is 0.189. The van der Waals surface area contributed by atoms with Crippen molar-refractivity contribution in [3.05, 3.63) is 35.9 Å². The zero-order valence-electron chi connectivity index (χ0n) is 11.9. The molecule has 1 saturated heterocycles. The first-order valence-electron chi connectivity index (χ1n) is 7.34. The normalized spacial score (nSPS) is 22.3. The first kappa shape index (κ1) is 14.5. The van der Waals surface area contributed by atoms with Crippen LogP contribution in [0.1, 0.15) is 18.4 Å². The lowest BCUT2D eigenvalue weighted by atomic mass is 9.97. The van der Waals surface area contributed by atoms with Crippen molar-refractivity contribution in [1.29, 1.82) is 0 Å². The molecule has 2 N–H and O–H groups in total. The molecule has 0 saturated carbocycles. The summed E-state index contributed by atoms with van der Waals surface area (Å²) in [4.78, 5) is 2.40. The fourth-order valence-electron chi connectivity index (χ4n) is 2.87. The summed E-state index contributed by atoms with van der Waals surface area (Å²) in [5, 5.41) is 13.0. The first-order chi connectivity index (χ1) is 9.28. The van der Waals surface area contributed by atoms with E-state index in [4.69, 9.17) is 0 Å². The summed E-state index contributed by atoms with van der Waals surface area (Å²) in [6.45, 7) is 3.63. The maximum atomic E-state index is 9.50. The Bertz CT molecular complexity index is 355. The molecule has 0 amide bonds. The van der Waals surface area contributed by atoms with Gasteiger partial charge in [-0.25, -0.2) is 0 Å². The van der Waals surface area contributed by atoms with E-state index in [0.29, 0.717) is 0 Å². The summed E-state index contributed by atoms with van der Waals surface area (Å²) in [6.07, 6.45) is 3.51. The molecule has 0 aromatic heterocycles. The van der Waals surface area contributed by atoms with Crippen molar-refractivity contribution < 1.29 is 5.11 Å². The van der Waals surface area contributed by atoms with Gasteiger partial charge in [-0.15, -0.1) is 0 Å². The van der Waals surface area contributed by atoms with E-state index in [1.54, 1.807) is 0 Å². The van der Waals surface area contributed by atoms with Gasteiger partial charge in [-0.05, 0) is 50.9 Å². The van der Waals surface area contributed by atoms with Crippen LogP contribution in [0.2, 0.25) is 0 Å². The minimum Gasteiger partial charge on any atom is -0.395 e. The van der Waals surface area contributed by atoms with E-state index in [0.717, 1.165) is 18.9 Å². The van der Waals surface area contributed by atoms with E-state index >= 15 is 0 Å². The Morgan fingerprint density at radius 1 is 1.37 bits per heavy atom. The molecule has 1 aromatic carbocycles. The van der Waals surface area contributed by atoms with Crippen LogP contribution in [0.3, 0.4) is 0 Å². The zero-order valence-corrected chi connectivity index (χ0v) is 11.9. The Morgan fingerprint density at radius 3 is 2.84 bits per heavy atom. The van der Waals surface area contributed by atoms with E-state index in [1.165, 1.54) is 31.5 Å². The summed E-state index contributed by atoms with van der Waals surface area (Å²) in [5.41, 5.74) is 1.29. The molecule has 3 heteroatoms. The third-order valence-electron chi connectivity index (χ3n) is 3.96. The van der Waals surface area contributed by atoms with Gasteiger partial charge >= 0.3 is 0 Å². The van der Waals surface area contributed by atoms with Crippen molar-refractivity contribution in [2.24, 2.45) is 5.92 Å². The maximum Gasteiger partial charge on any atom is 0.0587 e. The summed E-state index contributed by atoms with van der Waals surface area (Å²) >= 11 is 0. The summed E-state index contributed by atoms with van der Waals surface area (Å²) in [5.74, 6) is 0.726. The Morgan fingerprint density at radius 2 is 2.16 bits per heavy atom. The van der Waals surface area contributed by atoms with E-state index in [2.05, 4.69) is 41.5 Å². The molecular weight excluding hydrogens is 236 g/mol. The lowest BCUT2D eigenvalue weighted by Crippen LogP contribution is -2.42. The summed E-state index contributed by atoms with van der Waals surface area (Å²) < 4.78 is 0. The fraction of sp³-hybridized carbons (Fsp3) is 0.625. The molecule has 0 bridgehead atoms. The molecular formula is C16H26N2O. The number of rotatable bonds is 6. The Labute approximate surface area is 116 Å². The highest BCUT2D eigenvalue weighted by Gasteiger charge is 2.18. The molecule has 3 nitrogen and oxygen atoms in total. The van der Waals surface area contributed by atoms with Crippen LogP contribution < -0.4 is 5.32 Å². The number of hydrogen-bond acceptors (Lipinski definition) is 3. The molecule has 1 fully saturated rings. The molecule has 1 heterocycles. The number of nitrogens with zero attached hydrogens (tertiary/aromatic N) is 1. The first-order valence-corrected chi connectivity index (χ1v) is 7.34. The predicted octanol–water partition coefficient (Wildman–Crippen LogP) is 1.52. The van der Waals surface area contributed by atoms with Gasteiger partial charge in [-0.3, -0.25) is 0 Å². The maximum absolute atomic E-state index is 9.50. The van der Waals surface area contributed by atoms with Crippen molar-refractivity contribution in [3.63, 3.8) is 0 Å². The number of hydrogen-bond donors (Lipinski definition) is 2. The van der Waals surface area contributed by atoms with Gasteiger partial charge < -0.3 is 15.3 Å². The van der Waals surface area contributed by atoms with Gasteiger partial charge in [0.25, 0.3) is 0 Å². The number of aliphatic hydroxyl groups excluding tert-OH is 1. The third-order valence-corrected chi connectivity index (χ3v) is 3.96. The predicted molar refractivity (Wildman–Crippen MR) is 79.2 cm³/mol. The van der Waals surface area contributed by atoms with Crippen molar-refractivity contribution >= 4 is 0 Å². The SMILES string of the molecule is CN1CCCC(CN[C@@H](CO)Cc2ccccc2)C1. The number of likely N-dealkylation sites (tertiary alicyclic amines) is 1. The molecule has 19 heavy (non-hydrogen) atoms. The minimum absolute atomic E-state index is 0.176. The van der Waals surface area contributed by atoms with Crippen molar-refractivity contribution in [2.75, 3.05) is 33.3 Å². The lowest BCUT2D eigenvalue weighted by Gasteiger charge is -2.31. The van der Waals surface area contributed by atoms with E-state index < -0.39 is 0 Å². The molecule has 1 aliphatic heterocycles. The Hall–Kier alpha value is -0.900. The highest BCUT2D eigenvalue weighted by Crippen LogP contribution is 2.14. The van der Waals surface area contributed by atoms with Gasteiger partial charge in [0.2, 0.25) is 0 Å². The largest absolute Gasteiger partial charge is 0.395 e. The smallest absolute Gasteiger partial charge is 0.0587 e. The third kappa shape index (κ3) is 4.94. The average molecular weight is 262 g/mol. The van der Waals surface area contributed by atoms with E-state index in [9.17, 15) is 5.11 Å². The van der Waals surface area contributed by atoms with Crippen LogP contribution in [0, 0.1) is 5.92 Å². The van der Waals surface area contributed by atoms with Crippen LogP contribution in [0.25, 0.3) is 0 Å². The summed E-state index contributed by atoms with van der Waals surface area (Å²) in [6, 6.07) is 10.6. The van der Waals surface area contributed by atoms with Crippen molar-refractivity contribution in [2.45, 2.75) is 25.3 Å². The Kier molecular flexibility index (Phi) is 5.83. The van der Waals surface area contributed by atoms with Gasteiger partial charge in [0.15, 0.2) is 0 Å². The van der Waals surface area contributed by atoms with E-state index in [1.807, 2.05) is 6.07 Å². The second-order valence-corrected chi connectivity index (χ2v) is 5.75. The molecule has 0 radical (unpaired) electrons. The highest BCUT2D eigenvalue weighted by molar-refractivity contribution is 5.15. The topological polar surface area (TPSA) is 35.5 Å². The van der Waals surface area contributed by atoms with Gasteiger partial charge in [-0.2, -0.15) is 0 Å². The molecule has 1 aliphatic rings.